The van der Waals surface area contributed by atoms with Gasteiger partial charge in [-0.15, -0.1) is 21.5 Å². The Kier molecular flexibility index (Phi) is 4.75. The van der Waals surface area contributed by atoms with Gasteiger partial charge in [-0.1, -0.05) is 11.8 Å². The number of nitrogens with zero attached hydrogens (tertiary/aromatic N) is 4. The second kappa shape index (κ2) is 7.44. The van der Waals surface area contributed by atoms with Gasteiger partial charge >= 0.3 is 0 Å². The Morgan fingerprint density at radius 2 is 1.93 bits per heavy atom. The van der Waals surface area contributed by atoms with Crippen molar-refractivity contribution in [2.75, 3.05) is 24.3 Å². The maximum absolute atomic E-state index is 12.4. The van der Waals surface area contributed by atoms with Gasteiger partial charge in [0.05, 0.1) is 17.0 Å². The zero-order valence-electron chi connectivity index (χ0n) is 16.7. The number of carbonyl (C=O) groups excluding carboxylic acids is 1. The lowest BCUT2D eigenvalue weighted by atomic mass is 10.1. The molecule has 1 aliphatic heterocycles. The molecule has 1 aromatic carbocycles. The zero-order valence-corrected chi connectivity index (χ0v) is 18.3. The SMILES string of the molecule is Cc1nc(NC(=O)CSc2nnc3c(C)cc4cc5c(cc4n23)OCCO5)sc1C. The molecule has 3 aromatic heterocycles. The molecule has 0 unspecified atom stereocenters. The molecule has 8 nitrogen and oxygen atoms in total. The lowest BCUT2D eigenvalue weighted by molar-refractivity contribution is -0.113. The molecule has 4 aromatic rings. The normalized spacial score (nSPS) is 13.2. The van der Waals surface area contributed by atoms with Gasteiger partial charge in [-0.2, -0.15) is 0 Å². The fourth-order valence-electron chi connectivity index (χ4n) is 3.35. The summed E-state index contributed by atoms with van der Waals surface area (Å²) in [6.07, 6.45) is 0. The number of aromatic nitrogens is 4. The van der Waals surface area contributed by atoms with Gasteiger partial charge in [0.2, 0.25) is 5.91 Å². The predicted octanol–water partition coefficient (Wildman–Crippen LogP) is 3.77. The van der Waals surface area contributed by atoms with Gasteiger partial charge in [0.25, 0.3) is 0 Å². The number of fused-ring (bicyclic) bond motifs is 4. The number of anilines is 1. The molecule has 1 aliphatic rings. The molecule has 154 valence electrons. The Morgan fingerprint density at radius 1 is 1.17 bits per heavy atom. The Labute approximate surface area is 180 Å². The van der Waals surface area contributed by atoms with Crippen molar-refractivity contribution in [3.8, 4) is 11.5 Å². The molecule has 10 heteroatoms. The summed E-state index contributed by atoms with van der Waals surface area (Å²) in [5.74, 6) is 1.52. The number of ether oxygens (including phenoxy) is 2. The third-order valence-corrected chi connectivity index (χ3v) is 6.81. The van der Waals surface area contributed by atoms with Gasteiger partial charge in [0.15, 0.2) is 27.4 Å². The maximum Gasteiger partial charge on any atom is 0.236 e. The number of amides is 1. The summed E-state index contributed by atoms with van der Waals surface area (Å²) in [4.78, 5) is 17.9. The number of benzene rings is 1. The monoisotopic (exact) mass is 441 g/mol. The molecule has 30 heavy (non-hydrogen) atoms. The highest BCUT2D eigenvalue weighted by molar-refractivity contribution is 7.99. The van der Waals surface area contributed by atoms with Crippen molar-refractivity contribution in [2.24, 2.45) is 0 Å². The third kappa shape index (κ3) is 3.35. The van der Waals surface area contributed by atoms with Crippen LogP contribution < -0.4 is 14.8 Å². The number of aryl methyl sites for hydroxylation is 3. The molecular weight excluding hydrogens is 422 g/mol. The third-order valence-electron chi connectivity index (χ3n) is 4.90. The average Bonchev–Trinajstić information content (AvgIpc) is 3.29. The quantitative estimate of drug-likeness (QED) is 0.482. The van der Waals surface area contributed by atoms with Crippen LogP contribution in [0.25, 0.3) is 16.6 Å². The highest BCUT2D eigenvalue weighted by Gasteiger charge is 2.18. The van der Waals surface area contributed by atoms with Crippen molar-refractivity contribution in [2.45, 2.75) is 25.9 Å². The van der Waals surface area contributed by atoms with Gasteiger partial charge in [0.1, 0.15) is 13.2 Å². The van der Waals surface area contributed by atoms with Crippen molar-refractivity contribution >= 4 is 50.7 Å². The Bertz CT molecular complexity index is 1280. The van der Waals surface area contributed by atoms with E-state index >= 15 is 0 Å². The lowest BCUT2D eigenvalue weighted by Gasteiger charge is -2.19. The van der Waals surface area contributed by atoms with Crippen LogP contribution in [0.2, 0.25) is 0 Å². The molecule has 0 spiro atoms. The molecule has 4 heterocycles. The van der Waals surface area contributed by atoms with Crippen LogP contribution >= 0.6 is 23.1 Å². The smallest absolute Gasteiger partial charge is 0.236 e. The van der Waals surface area contributed by atoms with E-state index < -0.39 is 0 Å². The van der Waals surface area contributed by atoms with Gasteiger partial charge in [-0.25, -0.2) is 4.98 Å². The van der Waals surface area contributed by atoms with E-state index in [0.717, 1.165) is 38.4 Å². The van der Waals surface area contributed by atoms with Gasteiger partial charge in [-0.3, -0.25) is 9.20 Å². The summed E-state index contributed by atoms with van der Waals surface area (Å²) in [5, 5.41) is 13.8. The molecule has 0 bridgehead atoms. The predicted molar refractivity (Wildman–Crippen MR) is 117 cm³/mol. The molecule has 1 amide bonds. The average molecular weight is 442 g/mol. The topological polar surface area (TPSA) is 90.6 Å². The number of hydrogen-bond acceptors (Lipinski definition) is 8. The summed E-state index contributed by atoms with van der Waals surface area (Å²) in [7, 11) is 0. The molecule has 0 saturated heterocycles. The molecule has 0 atom stereocenters. The van der Waals surface area contributed by atoms with Crippen molar-refractivity contribution in [3.05, 3.63) is 34.3 Å². The van der Waals surface area contributed by atoms with Crippen LogP contribution in [0.3, 0.4) is 0 Å². The number of pyridine rings is 1. The van der Waals surface area contributed by atoms with E-state index in [9.17, 15) is 4.79 Å². The number of nitrogens with one attached hydrogen (secondary N) is 1. The van der Waals surface area contributed by atoms with E-state index in [0.29, 0.717) is 29.3 Å². The minimum absolute atomic E-state index is 0.128. The first-order valence-corrected chi connectivity index (χ1v) is 11.2. The number of hydrogen-bond donors (Lipinski definition) is 1. The zero-order chi connectivity index (χ0) is 20.8. The van der Waals surface area contributed by atoms with Gasteiger partial charge in [0, 0.05) is 16.3 Å². The van der Waals surface area contributed by atoms with Crippen LogP contribution in [0.5, 0.6) is 11.5 Å². The van der Waals surface area contributed by atoms with E-state index in [1.807, 2.05) is 37.3 Å². The van der Waals surface area contributed by atoms with Gasteiger partial charge < -0.3 is 14.8 Å². The van der Waals surface area contributed by atoms with E-state index in [2.05, 4.69) is 26.6 Å². The number of carbonyl (C=O) groups is 1. The fraction of sp³-hybridized carbons (Fsp3) is 0.300. The molecule has 0 saturated carbocycles. The van der Waals surface area contributed by atoms with E-state index in [-0.39, 0.29) is 11.7 Å². The van der Waals surface area contributed by atoms with Crippen molar-refractivity contribution in [1.29, 1.82) is 0 Å². The molecule has 5 rings (SSSR count). The molecule has 0 aliphatic carbocycles. The maximum atomic E-state index is 12.4. The largest absolute Gasteiger partial charge is 0.486 e. The Morgan fingerprint density at radius 3 is 2.67 bits per heavy atom. The van der Waals surface area contributed by atoms with E-state index in [1.165, 1.54) is 23.1 Å². The summed E-state index contributed by atoms with van der Waals surface area (Å²) < 4.78 is 13.4. The van der Waals surface area contributed by atoms with Crippen LogP contribution in [0.4, 0.5) is 5.13 Å². The highest BCUT2D eigenvalue weighted by atomic mass is 32.2. The van der Waals surface area contributed by atoms with Crippen LogP contribution in [0.1, 0.15) is 16.1 Å². The summed E-state index contributed by atoms with van der Waals surface area (Å²) >= 11 is 2.81. The van der Waals surface area contributed by atoms with E-state index in [4.69, 9.17) is 9.47 Å². The lowest BCUT2D eigenvalue weighted by Crippen LogP contribution is -2.15. The minimum Gasteiger partial charge on any atom is -0.486 e. The molecule has 0 fully saturated rings. The minimum atomic E-state index is -0.128. The first kappa shape index (κ1) is 19.1. The molecule has 0 radical (unpaired) electrons. The second-order valence-electron chi connectivity index (χ2n) is 7.02. The summed E-state index contributed by atoms with van der Waals surface area (Å²) in [6, 6.07) is 5.99. The van der Waals surface area contributed by atoms with Crippen molar-refractivity contribution in [3.63, 3.8) is 0 Å². The van der Waals surface area contributed by atoms with Crippen LogP contribution in [-0.2, 0) is 4.79 Å². The Balaban J connectivity index is 1.46. The summed E-state index contributed by atoms with van der Waals surface area (Å²) in [6.45, 7) is 6.97. The van der Waals surface area contributed by atoms with Gasteiger partial charge in [-0.05, 0) is 38.5 Å². The second-order valence-corrected chi connectivity index (χ2v) is 9.17. The molecular formula is C20H19N5O3S2. The highest BCUT2D eigenvalue weighted by Crippen LogP contribution is 2.36. The van der Waals surface area contributed by atoms with Crippen LogP contribution in [0.15, 0.2) is 23.4 Å². The van der Waals surface area contributed by atoms with E-state index in [1.54, 1.807) is 0 Å². The number of thioether (sulfide) groups is 1. The van der Waals surface area contributed by atoms with Crippen LogP contribution in [-0.4, -0.2) is 44.5 Å². The standard InChI is InChI=1S/C20H19N5O3S2/c1-10-6-13-7-15-16(28-5-4-27-15)8-14(13)25-18(10)23-24-20(25)29-9-17(26)22-19-21-11(2)12(3)30-19/h6-8H,4-5,9H2,1-3H3,(H,21,22,26). The fourth-order valence-corrected chi connectivity index (χ4v) is 4.92. The first-order valence-electron chi connectivity index (χ1n) is 9.44. The summed E-state index contributed by atoms with van der Waals surface area (Å²) in [5.41, 5.74) is 3.60. The van der Waals surface area contributed by atoms with Crippen molar-refractivity contribution in [1.82, 2.24) is 19.6 Å². The number of rotatable bonds is 4. The van der Waals surface area contributed by atoms with Crippen molar-refractivity contribution < 1.29 is 14.3 Å². The Hall–Kier alpha value is -2.85. The molecule has 1 N–H and O–H groups in total. The first-order chi connectivity index (χ1) is 14.5. The van der Waals surface area contributed by atoms with Crippen LogP contribution in [0, 0.1) is 20.8 Å². The number of thiazole rings is 1.